The Balaban J connectivity index is 2.40. The first kappa shape index (κ1) is 19.7. The van der Waals surface area contributed by atoms with E-state index in [-0.39, 0.29) is 23.0 Å². The van der Waals surface area contributed by atoms with Crippen molar-refractivity contribution in [3.63, 3.8) is 0 Å². The standard InChI is InChI=1S/C18H19F3O5/c1-23-13-6-4-5-7-15(13)26-11-17(22,18(19,20)21)12-8-9-14(24-2)16(10-12)25-3/h4-10,22H,11H2,1-3H3. The summed E-state index contributed by atoms with van der Waals surface area (Å²) in [6.45, 7) is -1.06. The third-order valence-corrected chi connectivity index (χ3v) is 3.84. The molecule has 2 aromatic carbocycles. The molecule has 142 valence electrons. The van der Waals surface area contributed by atoms with Crippen molar-refractivity contribution in [3.8, 4) is 23.0 Å². The fourth-order valence-corrected chi connectivity index (χ4v) is 2.34. The number of rotatable bonds is 7. The number of hydrogen-bond donors (Lipinski definition) is 1. The molecule has 1 N–H and O–H groups in total. The van der Waals surface area contributed by atoms with Gasteiger partial charge in [0.05, 0.1) is 21.3 Å². The Labute approximate surface area is 148 Å². The molecule has 0 fully saturated rings. The van der Waals surface area contributed by atoms with Crippen molar-refractivity contribution in [1.29, 1.82) is 0 Å². The lowest BCUT2D eigenvalue weighted by molar-refractivity contribution is -0.275. The summed E-state index contributed by atoms with van der Waals surface area (Å²) in [6, 6.07) is 9.69. The van der Waals surface area contributed by atoms with Crippen LogP contribution in [0.5, 0.6) is 23.0 Å². The first-order chi connectivity index (χ1) is 12.3. The smallest absolute Gasteiger partial charge is 0.424 e. The highest BCUT2D eigenvalue weighted by Crippen LogP contribution is 2.42. The third kappa shape index (κ3) is 3.80. The molecule has 5 nitrogen and oxygen atoms in total. The van der Waals surface area contributed by atoms with Gasteiger partial charge in [0.15, 0.2) is 23.0 Å². The van der Waals surface area contributed by atoms with E-state index in [0.717, 1.165) is 12.1 Å². The molecule has 26 heavy (non-hydrogen) atoms. The van der Waals surface area contributed by atoms with Crippen molar-refractivity contribution in [1.82, 2.24) is 0 Å². The molecule has 0 aliphatic carbocycles. The van der Waals surface area contributed by atoms with Crippen LogP contribution in [-0.2, 0) is 5.60 Å². The Morgan fingerprint density at radius 2 is 1.35 bits per heavy atom. The van der Waals surface area contributed by atoms with E-state index in [1.54, 1.807) is 18.2 Å². The predicted molar refractivity (Wildman–Crippen MR) is 88.0 cm³/mol. The molecular formula is C18H19F3O5. The van der Waals surface area contributed by atoms with E-state index >= 15 is 0 Å². The lowest BCUT2D eigenvalue weighted by Gasteiger charge is -2.31. The topological polar surface area (TPSA) is 57.2 Å². The number of methoxy groups -OCH3 is 3. The van der Waals surface area contributed by atoms with Gasteiger partial charge in [0.2, 0.25) is 5.60 Å². The van der Waals surface area contributed by atoms with Gasteiger partial charge >= 0.3 is 6.18 Å². The molecule has 0 spiro atoms. The second kappa shape index (κ2) is 7.74. The summed E-state index contributed by atoms with van der Waals surface area (Å²) in [5, 5.41) is 10.4. The van der Waals surface area contributed by atoms with Crippen molar-refractivity contribution in [2.24, 2.45) is 0 Å². The average molecular weight is 372 g/mol. The summed E-state index contributed by atoms with van der Waals surface area (Å²) >= 11 is 0. The lowest BCUT2D eigenvalue weighted by Crippen LogP contribution is -2.47. The van der Waals surface area contributed by atoms with Crippen LogP contribution in [0.15, 0.2) is 42.5 Å². The highest BCUT2D eigenvalue weighted by Gasteiger charge is 2.56. The normalized spacial score (nSPS) is 13.7. The average Bonchev–Trinajstić information content (AvgIpc) is 2.64. The van der Waals surface area contributed by atoms with Gasteiger partial charge in [-0.15, -0.1) is 0 Å². The molecule has 0 aromatic heterocycles. The number of aliphatic hydroxyl groups is 1. The molecular weight excluding hydrogens is 353 g/mol. The predicted octanol–water partition coefficient (Wildman–Crippen LogP) is 3.54. The van der Waals surface area contributed by atoms with E-state index in [1.807, 2.05) is 0 Å². The molecule has 8 heteroatoms. The van der Waals surface area contributed by atoms with Crippen LogP contribution in [0, 0.1) is 0 Å². The minimum atomic E-state index is -4.99. The molecule has 2 aromatic rings. The van der Waals surface area contributed by atoms with Crippen LogP contribution >= 0.6 is 0 Å². The van der Waals surface area contributed by atoms with Crippen molar-refractivity contribution in [2.75, 3.05) is 27.9 Å². The maximum atomic E-state index is 13.7. The summed E-state index contributed by atoms with van der Waals surface area (Å²) in [6.07, 6.45) is -4.99. The van der Waals surface area contributed by atoms with Crippen LogP contribution in [0.4, 0.5) is 13.2 Å². The molecule has 1 unspecified atom stereocenters. The summed E-state index contributed by atoms with van der Waals surface area (Å²) in [5.41, 5.74) is -3.69. The fraction of sp³-hybridized carbons (Fsp3) is 0.333. The van der Waals surface area contributed by atoms with E-state index < -0.39 is 23.9 Å². The fourth-order valence-electron chi connectivity index (χ4n) is 2.34. The van der Waals surface area contributed by atoms with Gasteiger partial charge in [-0.3, -0.25) is 0 Å². The molecule has 0 heterocycles. The van der Waals surface area contributed by atoms with E-state index in [9.17, 15) is 18.3 Å². The summed E-state index contributed by atoms with van der Waals surface area (Å²) in [4.78, 5) is 0. The third-order valence-electron chi connectivity index (χ3n) is 3.84. The largest absolute Gasteiger partial charge is 0.493 e. The second-order valence-electron chi connectivity index (χ2n) is 5.37. The van der Waals surface area contributed by atoms with Crippen LogP contribution in [0.25, 0.3) is 0 Å². The van der Waals surface area contributed by atoms with Gasteiger partial charge in [0.25, 0.3) is 0 Å². The molecule has 0 amide bonds. The van der Waals surface area contributed by atoms with Gasteiger partial charge in [0, 0.05) is 5.56 Å². The maximum Gasteiger partial charge on any atom is 0.424 e. The quantitative estimate of drug-likeness (QED) is 0.806. The summed E-state index contributed by atoms with van der Waals surface area (Å²) in [5.74, 6) is 0.638. The van der Waals surface area contributed by atoms with Crippen molar-refractivity contribution >= 4 is 0 Å². The van der Waals surface area contributed by atoms with Gasteiger partial charge < -0.3 is 24.1 Å². The zero-order valence-corrected chi connectivity index (χ0v) is 14.5. The minimum Gasteiger partial charge on any atom is -0.493 e. The Bertz CT molecular complexity index is 748. The highest BCUT2D eigenvalue weighted by molar-refractivity contribution is 5.45. The Kier molecular flexibility index (Phi) is 5.86. The molecule has 0 saturated carbocycles. The van der Waals surface area contributed by atoms with Gasteiger partial charge in [-0.25, -0.2) is 0 Å². The van der Waals surface area contributed by atoms with Crippen molar-refractivity contribution < 1.29 is 37.2 Å². The van der Waals surface area contributed by atoms with E-state index in [0.29, 0.717) is 0 Å². The Morgan fingerprint density at radius 3 is 1.88 bits per heavy atom. The van der Waals surface area contributed by atoms with Gasteiger partial charge in [0.1, 0.15) is 6.61 Å². The van der Waals surface area contributed by atoms with E-state index in [2.05, 4.69) is 0 Å². The molecule has 0 bridgehead atoms. The number of hydrogen-bond acceptors (Lipinski definition) is 5. The van der Waals surface area contributed by atoms with Crippen LogP contribution in [0.2, 0.25) is 0 Å². The first-order valence-corrected chi connectivity index (χ1v) is 7.54. The van der Waals surface area contributed by atoms with E-state index in [4.69, 9.17) is 18.9 Å². The number of para-hydroxylation sites is 2. The molecule has 0 radical (unpaired) electrons. The van der Waals surface area contributed by atoms with Crippen molar-refractivity contribution in [3.05, 3.63) is 48.0 Å². The zero-order valence-electron chi connectivity index (χ0n) is 14.5. The van der Waals surface area contributed by atoms with Crippen LogP contribution in [-0.4, -0.2) is 39.2 Å². The maximum absolute atomic E-state index is 13.7. The van der Waals surface area contributed by atoms with Gasteiger partial charge in [-0.1, -0.05) is 18.2 Å². The number of halogens is 3. The highest BCUT2D eigenvalue weighted by atomic mass is 19.4. The number of alkyl halides is 3. The minimum absolute atomic E-state index is 0.0602. The number of benzene rings is 2. The Hall–Kier alpha value is -2.61. The molecule has 0 aliphatic heterocycles. The van der Waals surface area contributed by atoms with Gasteiger partial charge in [-0.2, -0.15) is 13.2 Å². The molecule has 0 saturated heterocycles. The SMILES string of the molecule is COc1ccc(C(O)(COc2ccccc2OC)C(F)(F)F)cc1OC. The zero-order chi connectivity index (χ0) is 19.4. The van der Waals surface area contributed by atoms with Crippen molar-refractivity contribution in [2.45, 2.75) is 11.8 Å². The second-order valence-corrected chi connectivity index (χ2v) is 5.37. The molecule has 2 rings (SSSR count). The van der Waals surface area contributed by atoms with Crippen LogP contribution in [0.3, 0.4) is 0 Å². The van der Waals surface area contributed by atoms with Crippen LogP contribution in [0.1, 0.15) is 5.56 Å². The molecule has 1 atom stereocenters. The van der Waals surface area contributed by atoms with E-state index in [1.165, 1.54) is 33.5 Å². The Morgan fingerprint density at radius 1 is 0.808 bits per heavy atom. The first-order valence-electron chi connectivity index (χ1n) is 7.54. The monoisotopic (exact) mass is 372 g/mol. The summed E-state index contributed by atoms with van der Waals surface area (Å²) in [7, 11) is 4.02. The summed E-state index contributed by atoms with van der Waals surface area (Å²) < 4.78 is 61.3. The molecule has 0 aliphatic rings. The lowest BCUT2D eigenvalue weighted by atomic mass is 9.93. The number of ether oxygens (including phenoxy) is 4. The van der Waals surface area contributed by atoms with Gasteiger partial charge in [-0.05, 0) is 24.3 Å². The van der Waals surface area contributed by atoms with Crippen LogP contribution < -0.4 is 18.9 Å².